The second-order valence-corrected chi connectivity index (χ2v) is 24.2. The molecule has 2 amide bonds. The summed E-state index contributed by atoms with van der Waals surface area (Å²) < 4.78 is 17.7. The standard InChI is InChI=1S/C24H38N4O3Si.C17H23N5O2.C2H4O2/c1-17-13-21-20(14-19(17)26(4)24(3)9-8-10-24)28-18(2)23(29)27(25-22(28)15-31-21)16-30-11-12-32(5,6)7;1-10-5-14-13(6-12(10)21(4)17(3)8-18-9-17)22-11(2)16(23)20-19-15(22)7-24-14;1-2(3)4/h13-14,18H,8-12,15-16H2,1-7H3;5-6,11,18H,7-9H2,1-4H3,(H,20,23);1H3,(H,3,4)/t;11-;/m.1./s1. The Morgan fingerprint density at radius 2 is 1.42 bits per heavy atom. The van der Waals surface area contributed by atoms with Crippen LogP contribution in [0.5, 0.6) is 11.5 Å². The highest BCUT2D eigenvalue weighted by molar-refractivity contribution is 6.76. The number of hydrogen-bond donors (Lipinski definition) is 3. The quantitative estimate of drug-likeness (QED) is 0.220. The molecule has 60 heavy (non-hydrogen) atoms. The van der Waals surface area contributed by atoms with Crippen LogP contribution >= 0.6 is 0 Å². The Bertz CT molecular complexity index is 2040. The van der Waals surface area contributed by atoms with E-state index < -0.39 is 14.0 Å². The molecule has 328 valence electrons. The van der Waals surface area contributed by atoms with E-state index in [0.29, 0.717) is 19.8 Å². The molecule has 3 N–H and O–H groups in total. The summed E-state index contributed by atoms with van der Waals surface area (Å²) >= 11 is 0. The highest BCUT2D eigenvalue weighted by Gasteiger charge is 2.42. The minimum Gasteiger partial charge on any atom is -0.483 e. The molecule has 2 fully saturated rings. The van der Waals surface area contributed by atoms with Crippen LogP contribution in [0.1, 0.15) is 65.0 Å². The van der Waals surface area contributed by atoms with E-state index >= 15 is 0 Å². The van der Waals surface area contributed by atoms with Crippen molar-refractivity contribution < 1.29 is 33.7 Å². The molecule has 2 atom stereocenters. The first-order chi connectivity index (χ1) is 28.1. The number of hydrazone groups is 2. The number of carbonyl (C=O) groups excluding carboxylic acids is 2. The molecule has 1 aliphatic carbocycles. The minimum atomic E-state index is -1.17. The molecule has 0 radical (unpaired) electrons. The third-order valence-electron chi connectivity index (χ3n) is 12.6. The lowest BCUT2D eigenvalue weighted by atomic mass is 9.77. The number of nitrogens with one attached hydrogen (secondary N) is 2. The number of aryl methyl sites for hydroxylation is 2. The predicted molar refractivity (Wildman–Crippen MR) is 240 cm³/mol. The molecule has 16 nitrogen and oxygen atoms in total. The number of aliphatic carboxylic acids is 1. The number of amides is 2. The van der Waals surface area contributed by atoms with Crippen LogP contribution in [0.3, 0.4) is 0 Å². The van der Waals surface area contributed by atoms with Crippen LogP contribution in [0.4, 0.5) is 22.7 Å². The van der Waals surface area contributed by atoms with Gasteiger partial charge in [-0.2, -0.15) is 10.2 Å². The van der Waals surface area contributed by atoms with Gasteiger partial charge in [-0.25, -0.2) is 10.4 Å². The highest BCUT2D eigenvalue weighted by Crippen LogP contribution is 2.45. The lowest BCUT2D eigenvalue weighted by Gasteiger charge is -2.48. The number of anilines is 4. The van der Waals surface area contributed by atoms with Crippen LogP contribution in [0.2, 0.25) is 25.7 Å². The summed E-state index contributed by atoms with van der Waals surface area (Å²) in [5.74, 6) is 2.14. The van der Waals surface area contributed by atoms with Crippen LogP contribution in [-0.2, 0) is 19.1 Å². The molecule has 1 saturated carbocycles. The maximum Gasteiger partial charge on any atom is 0.300 e. The fourth-order valence-electron chi connectivity index (χ4n) is 8.17. The molecular weight excluding hydrogens is 783 g/mol. The van der Waals surface area contributed by atoms with Gasteiger partial charge in [0.2, 0.25) is 0 Å². The van der Waals surface area contributed by atoms with E-state index in [4.69, 9.17) is 24.1 Å². The summed E-state index contributed by atoms with van der Waals surface area (Å²) in [6.07, 6.45) is 3.68. The molecule has 0 bridgehead atoms. The predicted octanol–water partition coefficient (Wildman–Crippen LogP) is 5.34. The molecule has 1 saturated heterocycles. The monoisotopic (exact) mass is 847 g/mol. The normalized spacial score (nSPS) is 21.7. The summed E-state index contributed by atoms with van der Waals surface area (Å²) in [6.45, 7) is 24.2. The van der Waals surface area contributed by atoms with Gasteiger partial charge >= 0.3 is 0 Å². The van der Waals surface area contributed by atoms with Gasteiger partial charge in [0, 0.05) is 65.7 Å². The van der Waals surface area contributed by atoms with Gasteiger partial charge in [-0.15, -0.1) is 0 Å². The second-order valence-electron chi connectivity index (χ2n) is 18.6. The van der Waals surface area contributed by atoms with Crippen molar-refractivity contribution in [2.75, 3.05) is 73.3 Å². The van der Waals surface area contributed by atoms with E-state index in [1.165, 1.54) is 41.1 Å². The summed E-state index contributed by atoms with van der Waals surface area (Å²) in [5, 5.41) is 21.0. The van der Waals surface area contributed by atoms with E-state index in [0.717, 1.165) is 66.3 Å². The van der Waals surface area contributed by atoms with Crippen molar-refractivity contribution in [1.29, 1.82) is 0 Å². The number of benzene rings is 2. The summed E-state index contributed by atoms with van der Waals surface area (Å²) in [7, 11) is 3.13. The smallest absolute Gasteiger partial charge is 0.300 e. The van der Waals surface area contributed by atoms with Crippen molar-refractivity contribution in [3.8, 4) is 11.5 Å². The number of nitrogens with zero attached hydrogens (tertiary/aromatic N) is 7. The Balaban J connectivity index is 0.000000191. The summed E-state index contributed by atoms with van der Waals surface area (Å²) in [4.78, 5) is 42.9. The van der Waals surface area contributed by atoms with Gasteiger partial charge in [-0.3, -0.25) is 14.4 Å². The van der Waals surface area contributed by atoms with Crippen molar-refractivity contribution in [2.24, 2.45) is 10.2 Å². The largest absolute Gasteiger partial charge is 0.483 e. The maximum atomic E-state index is 13.1. The average molecular weight is 848 g/mol. The van der Waals surface area contributed by atoms with Crippen LogP contribution in [-0.4, -0.2) is 125 Å². The van der Waals surface area contributed by atoms with Gasteiger partial charge < -0.3 is 44.2 Å². The van der Waals surface area contributed by atoms with Gasteiger partial charge in [0.05, 0.1) is 16.9 Å². The topological polar surface area (TPSA) is 164 Å². The zero-order valence-electron chi connectivity index (χ0n) is 37.6. The Labute approximate surface area is 355 Å². The molecule has 2 aromatic rings. The Morgan fingerprint density at radius 3 is 1.90 bits per heavy atom. The van der Waals surface area contributed by atoms with Gasteiger partial charge in [0.15, 0.2) is 11.7 Å². The molecule has 2 aromatic carbocycles. The van der Waals surface area contributed by atoms with Crippen molar-refractivity contribution in [1.82, 2.24) is 15.8 Å². The molecule has 0 spiro atoms. The number of rotatable bonds is 9. The van der Waals surface area contributed by atoms with Crippen molar-refractivity contribution in [2.45, 2.75) is 117 Å². The zero-order chi connectivity index (χ0) is 43.9. The SMILES string of the molecule is CC(=O)O.Cc1cc2c(cc1N(C)C1(C)CCC1)N1C(=NN(COCC[Si](C)(C)C)C(=O)C1C)CO2.Cc1cc2c(cc1N(C)C1(C)CNC1)N1C(=NNC(=O)[C@H]1C)CO2. The zero-order valence-corrected chi connectivity index (χ0v) is 38.6. The lowest BCUT2D eigenvalue weighted by Crippen LogP contribution is -2.66. The average Bonchev–Trinajstić information content (AvgIpc) is 3.16. The number of carboxylic acid groups (broad SMARTS) is 1. The van der Waals surface area contributed by atoms with Crippen molar-refractivity contribution in [3.05, 3.63) is 35.4 Å². The van der Waals surface area contributed by atoms with Crippen molar-refractivity contribution in [3.63, 3.8) is 0 Å². The van der Waals surface area contributed by atoms with Crippen LogP contribution < -0.4 is 39.8 Å². The van der Waals surface area contributed by atoms with Crippen LogP contribution in [0, 0.1) is 13.8 Å². The lowest BCUT2D eigenvalue weighted by molar-refractivity contribution is -0.138. The first kappa shape index (κ1) is 44.7. The number of fused-ring (bicyclic) bond motifs is 6. The molecule has 5 heterocycles. The maximum absolute atomic E-state index is 13.1. The van der Waals surface area contributed by atoms with Gasteiger partial charge in [-0.05, 0) is 102 Å². The number of carboxylic acids is 1. The number of carbonyl (C=O) groups is 3. The molecule has 6 aliphatic rings. The molecule has 0 aromatic heterocycles. The molecule has 17 heteroatoms. The Kier molecular flexibility index (Phi) is 12.8. The molecule has 1 unspecified atom stereocenters. The van der Waals surface area contributed by atoms with Crippen molar-refractivity contribution >= 4 is 60.3 Å². The first-order valence-corrected chi connectivity index (χ1v) is 24.7. The van der Waals surface area contributed by atoms with Crippen LogP contribution in [0.15, 0.2) is 34.5 Å². The third kappa shape index (κ3) is 9.07. The number of likely N-dealkylation sites (N-methyl/N-ethyl adjacent to an activating group) is 1. The van der Waals surface area contributed by atoms with Crippen LogP contribution in [0.25, 0.3) is 0 Å². The summed E-state index contributed by atoms with van der Waals surface area (Å²) in [6, 6.07) is 8.87. The molecular formula is C43H65N9O7Si. The minimum absolute atomic E-state index is 0.0453. The van der Waals surface area contributed by atoms with E-state index in [2.05, 4.69) is 116 Å². The highest BCUT2D eigenvalue weighted by atomic mass is 28.3. The second kappa shape index (κ2) is 17.2. The number of amidine groups is 2. The van der Waals surface area contributed by atoms with Gasteiger partial charge in [0.1, 0.15) is 43.5 Å². The Hall–Kier alpha value is -4.87. The first-order valence-electron chi connectivity index (χ1n) is 21.0. The summed E-state index contributed by atoms with van der Waals surface area (Å²) in [5.41, 5.74) is 9.39. The van der Waals surface area contributed by atoms with Gasteiger partial charge in [-0.1, -0.05) is 19.6 Å². The Morgan fingerprint density at radius 1 is 0.900 bits per heavy atom. The molecule has 8 rings (SSSR count). The third-order valence-corrected chi connectivity index (χ3v) is 14.3. The number of hydrogen-bond acceptors (Lipinski definition) is 13. The fourth-order valence-corrected chi connectivity index (χ4v) is 8.93. The fraction of sp³-hybridized carbons (Fsp3) is 0.605. The molecule has 5 aliphatic heterocycles. The van der Waals surface area contributed by atoms with E-state index in [1.807, 2.05) is 23.6 Å². The van der Waals surface area contributed by atoms with E-state index in [-0.39, 0.29) is 41.7 Å². The van der Waals surface area contributed by atoms with E-state index in [1.54, 1.807) is 0 Å². The number of ether oxygens (including phenoxy) is 3. The van der Waals surface area contributed by atoms with Gasteiger partial charge in [0.25, 0.3) is 17.8 Å². The van der Waals surface area contributed by atoms with E-state index in [9.17, 15) is 9.59 Å².